The maximum atomic E-state index is 12.3. The molecule has 1 aromatic carbocycles. The van der Waals surface area contributed by atoms with Crippen LogP contribution in [-0.4, -0.2) is 22.1 Å². The second kappa shape index (κ2) is 6.23. The number of hydrogen-bond donors (Lipinski definition) is 1. The van der Waals surface area contributed by atoms with Crippen molar-refractivity contribution in [3.05, 3.63) is 46.4 Å². The molecular formula is C15H20N4O. The normalized spacial score (nSPS) is 11.3. The van der Waals surface area contributed by atoms with E-state index in [0.717, 1.165) is 25.1 Å². The van der Waals surface area contributed by atoms with E-state index in [4.69, 9.17) is 5.73 Å². The summed E-state index contributed by atoms with van der Waals surface area (Å²) in [6, 6.07) is 9.44. The number of para-hydroxylation sites is 1. The molecule has 2 N–H and O–H groups in total. The summed E-state index contributed by atoms with van der Waals surface area (Å²) in [4.78, 5) is 16.6. The van der Waals surface area contributed by atoms with Gasteiger partial charge in [0.1, 0.15) is 11.4 Å². The highest BCUT2D eigenvalue weighted by atomic mass is 16.1. The SMILES string of the molecule is CCCCN=Cc1c(N)c(=O)n(-c2ccccc2)n1C. The Morgan fingerprint density at radius 1 is 1.30 bits per heavy atom. The van der Waals surface area contributed by atoms with Gasteiger partial charge in [-0.25, -0.2) is 4.68 Å². The summed E-state index contributed by atoms with van der Waals surface area (Å²) in [5.74, 6) is 0. The number of aromatic nitrogens is 2. The monoisotopic (exact) mass is 272 g/mol. The second-order valence-corrected chi connectivity index (χ2v) is 4.66. The van der Waals surface area contributed by atoms with Crippen molar-refractivity contribution in [3.63, 3.8) is 0 Å². The number of nitrogens with two attached hydrogens (primary N) is 1. The zero-order valence-electron chi connectivity index (χ0n) is 11.9. The fourth-order valence-corrected chi connectivity index (χ4v) is 2.06. The predicted octanol–water partition coefficient (Wildman–Crippen LogP) is 1.98. The Bertz CT molecular complexity index is 653. The van der Waals surface area contributed by atoms with Gasteiger partial charge in [-0.1, -0.05) is 31.5 Å². The number of anilines is 1. The van der Waals surface area contributed by atoms with Gasteiger partial charge < -0.3 is 5.73 Å². The molecule has 2 aromatic rings. The highest BCUT2D eigenvalue weighted by Gasteiger charge is 2.14. The zero-order valence-corrected chi connectivity index (χ0v) is 11.9. The van der Waals surface area contributed by atoms with Crippen LogP contribution in [0, 0.1) is 0 Å². The lowest BCUT2D eigenvalue weighted by Gasteiger charge is -2.07. The summed E-state index contributed by atoms with van der Waals surface area (Å²) in [6.07, 6.45) is 3.81. The summed E-state index contributed by atoms with van der Waals surface area (Å²) in [5.41, 5.74) is 7.37. The van der Waals surface area contributed by atoms with Gasteiger partial charge in [-0.15, -0.1) is 0 Å². The van der Waals surface area contributed by atoms with Crippen molar-refractivity contribution in [3.8, 4) is 5.69 Å². The second-order valence-electron chi connectivity index (χ2n) is 4.66. The van der Waals surface area contributed by atoms with Crippen LogP contribution in [0.4, 0.5) is 5.69 Å². The average Bonchev–Trinajstić information content (AvgIpc) is 2.67. The molecule has 1 aromatic heterocycles. The maximum Gasteiger partial charge on any atom is 0.295 e. The molecule has 0 radical (unpaired) electrons. The van der Waals surface area contributed by atoms with E-state index in [1.807, 2.05) is 37.4 Å². The lowest BCUT2D eigenvalue weighted by atomic mass is 10.3. The molecule has 20 heavy (non-hydrogen) atoms. The van der Waals surface area contributed by atoms with Crippen LogP contribution in [0.15, 0.2) is 40.1 Å². The summed E-state index contributed by atoms with van der Waals surface area (Å²) in [7, 11) is 1.81. The minimum atomic E-state index is -0.212. The molecule has 0 bridgehead atoms. The van der Waals surface area contributed by atoms with E-state index >= 15 is 0 Å². The molecule has 0 saturated carbocycles. The standard InChI is InChI=1S/C15H20N4O/c1-3-4-10-17-11-13-14(16)15(20)19(18(13)2)12-8-6-5-7-9-12/h5-9,11H,3-4,10,16H2,1-2H3. The Hall–Kier alpha value is -2.30. The summed E-state index contributed by atoms with van der Waals surface area (Å²) in [5, 5.41) is 0. The van der Waals surface area contributed by atoms with Crippen LogP contribution in [0.3, 0.4) is 0 Å². The van der Waals surface area contributed by atoms with Crippen molar-refractivity contribution in [2.24, 2.45) is 12.0 Å². The van der Waals surface area contributed by atoms with Gasteiger partial charge in [0.25, 0.3) is 5.56 Å². The number of nitrogens with zero attached hydrogens (tertiary/aromatic N) is 3. The molecule has 0 saturated heterocycles. The van der Waals surface area contributed by atoms with Crippen LogP contribution in [0.25, 0.3) is 5.69 Å². The molecule has 0 aliphatic carbocycles. The lowest BCUT2D eigenvalue weighted by molar-refractivity contribution is 0.642. The van der Waals surface area contributed by atoms with E-state index in [1.165, 1.54) is 0 Å². The summed E-state index contributed by atoms with van der Waals surface area (Å²) < 4.78 is 3.29. The Morgan fingerprint density at radius 2 is 2.00 bits per heavy atom. The van der Waals surface area contributed by atoms with Crippen LogP contribution in [0.2, 0.25) is 0 Å². The predicted molar refractivity (Wildman–Crippen MR) is 82.8 cm³/mol. The number of hydrogen-bond acceptors (Lipinski definition) is 3. The van der Waals surface area contributed by atoms with Gasteiger partial charge in [0, 0.05) is 19.8 Å². The molecular weight excluding hydrogens is 252 g/mol. The third-order valence-electron chi connectivity index (χ3n) is 3.20. The third-order valence-corrected chi connectivity index (χ3v) is 3.20. The molecule has 0 amide bonds. The quantitative estimate of drug-likeness (QED) is 0.668. The van der Waals surface area contributed by atoms with Crippen LogP contribution in [0.1, 0.15) is 25.5 Å². The molecule has 0 fully saturated rings. The number of aliphatic imine (C=N–C) groups is 1. The van der Waals surface area contributed by atoms with E-state index in [1.54, 1.807) is 15.6 Å². The molecule has 0 aliphatic heterocycles. The first-order valence-corrected chi connectivity index (χ1v) is 6.79. The van der Waals surface area contributed by atoms with Gasteiger partial charge in [-0.05, 0) is 18.6 Å². The van der Waals surface area contributed by atoms with Gasteiger partial charge >= 0.3 is 0 Å². The van der Waals surface area contributed by atoms with Crippen LogP contribution in [0.5, 0.6) is 0 Å². The fraction of sp³-hybridized carbons (Fsp3) is 0.333. The highest BCUT2D eigenvalue weighted by Crippen LogP contribution is 2.10. The van der Waals surface area contributed by atoms with E-state index in [0.29, 0.717) is 5.69 Å². The topological polar surface area (TPSA) is 65.3 Å². The van der Waals surface area contributed by atoms with Gasteiger partial charge in [0.2, 0.25) is 0 Å². The number of benzene rings is 1. The molecule has 0 unspecified atom stereocenters. The minimum Gasteiger partial charge on any atom is -0.392 e. The first kappa shape index (κ1) is 14.1. The van der Waals surface area contributed by atoms with Crippen molar-refractivity contribution in [2.75, 3.05) is 12.3 Å². The third kappa shape index (κ3) is 2.66. The first-order valence-electron chi connectivity index (χ1n) is 6.79. The number of nitrogen functional groups attached to an aromatic ring is 1. The van der Waals surface area contributed by atoms with Crippen molar-refractivity contribution >= 4 is 11.9 Å². The number of unbranched alkanes of at least 4 members (excludes halogenated alkanes) is 1. The molecule has 0 aliphatic rings. The largest absolute Gasteiger partial charge is 0.392 e. The van der Waals surface area contributed by atoms with Gasteiger partial charge in [0.05, 0.1) is 5.69 Å². The van der Waals surface area contributed by atoms with Crippen LogP contribution < -0.4 is 11.3 Å². The minimum absolute atomic E-state index is 0.212. The van der Waals surface area contributed by atoms with Crippen LogP contribution in [-0.2, 0) is 7.05 Å². The Morgan fingerprint density at radius 3 is 2.65 bits per heavy atom. The van der Waals surface area contributed by atoms with Gasteiger partial charge in [-0.2, -0.15) is 0 Å². The van der Waals surface area contributed by atoms with Crippen molar-refractivity contribution < 1.29 is 0 Å². The van der Waals surface area contributed by atoms with E-state index in [9.17, 15) is 4.79 Å². The van der Waals surface area contributed by atoms with Gasteiger partial charge in [0.15, 0.2) is 0 Å². The molecule has 0 spiro atoms. The lowest BCUT2D eigenvalue weighted by Crippen LogP contribution is -2.20. The molecule has 5 nitrogen and oxygen atoms in total. The first-order chi connectivity index (χ1) is 9.66. The Kier molecular flexibility index (Phi) is 4.40. The summed E-state index contributed by atoms with van der Waals surface area (Å²) >= 11 is 0. The molecule has 0 atom stereocenters. The molecule has 106 valence electrons. The van der Waals surface area contributed by atoms with E-state index in [2.05, 4.69) is 11.9 Å². The van der Waals surface area contributed by atoms with Crippen LogP contribution >= 0.6 is 0 Å². The van der Waals surface area contributed by atoms with E-state index in [-0.39, 0.29) is 11.2 Å². The Labute approximate surface area is 118 Å². The molecule has 2 rings (SSSR count). The highest BCUT2D eigenvalue weighted by molar-refractivity contribution is 5.84. The Balaban J connectivity index is 2.42. The maximum absolute atomic E-state index is 12.3. The molecule has 1 heterocycles. The molecule has 5 heteroatoms. The van der Waals surface area contributed by atoms with Gasteiger partial charge in [-0.3, -0.25) is 14.5 Å². The van der Waals surface area contributed by atoms with E-state index < -0.39 is 0 Å². The van der Waals surface area contributed by atoms with Crippen molar-refractivity contribution in [1.82, 2.24) is 9.36 Å². The number of rotatable bonds is 5. The van der Waals surface area contributed by atoms with Crippen molar-refractivity contribution in [1.29, 1.82) is 0 Å². The van der Waals surface area contributed by atoms with Crippen molar-refractivity contribution in [2.45, 2.75) is 19.8 Å². The zero-order chi connectivity index (χ0) is 14.5. The average molecular weight is 272 g/mol. The fourth-order valence-electron chi connectivity index (χ4n) is 2.06. The smallest absolute Gasteiger partial charge is 0.295 e. The summed E-state index contributed by atoms with van der Waals surface area (Å²) in [6.45, 7) is 2.87.